The van der Waals surface area contributed by atoms with Crippen molar-refractivity contribution in [3.8, 4) is 0 Å². The summed E-state index contributed by atoms with van der Waals surface area (Å²) in [6.07, 6.45) is 0. The summed E-state index contributed by atoms with van der Waals surface area (Å²) in [5, 5.41) is 9.18. The second-order valence-corrected chi connectivity index (χ2v) is 5.42. The summed E-state index contributed by atoms with van der Waals surface area (Å²) in [6, 6.07) is 6.20. The Balaban J connectivity index is 2.81. The van der Waals surface area contributed by atoms with Crippen LogP contribution in [0.15, 0.2) is 27.6 Å². The Bertz CT molecular complexity index is 288. The van der Waals surface area contributed by atoms with Gasteiger partial charge in [-0.1, -0.05) is 28.9 Å². The molecule has 1 unspecified atom stereocenters. The highest BCUT2D eigenvalue weighted by atomic mass is 79.9. The van der Waals surface area contributed by atoms with Crippen molar-refractivity contribution in [2.45, 2.75) is 24.0 Å². The van der Waals surface area contributed by atoms with E-state index in [1.165, 1.54) is 10.5 Å². The normalized spacial score (nSPS) is 12.9. The SMILES string of the molecule is Cc1ccc(Br)cc1SC(C)CO. The summed E-state index contributed by atoms with van der Waals surface area (Å²) in [4.78, 5) is 1.23. The molecule has 1 N–H and O–H groups in total. The lowest BCUT2D eigenvalue weighted by molar-refractivity contribution is 0.300. The molecule has 0 saturated carbocycles. The molecule has 1 nitrogen and oxygen atoms in total. The van der Waals surface area contributed by atoms with Crippen LogP contribution in [0.25, 0.3) is 0 Å². The van der Waals surface area contributed by atoms with E-state index in [0.29, 0.717) is 0 Å². The fraction of sp³-hybridized carbons (Fsp3) is 0.400. The Morgan fingerprint density at radius 1 is 1.54 bits per heavy atom. The number of thioether (sulfide) groups is 1. The zero-order valence-electron chi connectivity index (χ0n) is 7.75. The van der Waals surface area contributed by atoms with Crippen LogP contribution in [0.3, 0.4) is 0 Å². The molecule has 0 amide bonds. The van der Waals surface area contributed by atoms with Gasteiger partial charge in [-0.3, -0.25) is 0 Å². The highest BCUT2D eigenvalue weighted by molar-refractivity contribution is 9.10. The maximum absolute atomic E-state index is 8.92. The third-order valence-electron chi connectivity index (χ3n) is 1.74. The molecular formula is C10H13BrOS. The topological polar surface area (TPSA) is 20.2 Å². The fourth-order valence-electron chi connectivity index (χ4n) is 0.955. The van der Waals surface area contributed by atoms with E-state index in [2.05, 4.69) is 35.0 Å². The highest BCUT2D eigenvalue weighted by Gasteiger charge is 2.05. The van der Waals surface area contributed by atoms with Crippen molar-refractivity contribution in [3.63, 3.8) is 0 Å². The zero-order valence-corrected chi connectivity index (χ0v) is 10.2. The molecule has 1 aromatic carbocycles. The molecule has 0 heterocycles. The van der Waals surface area contributed by atoms with Crippen LogP contribution in [0.4, 0.5) is 0 Å². The standard InChI is InChI=1S/C10H13BrOS/c1-7-3-4-9(11)5-10(7)13-8(2)6-12/h3-5,8,12H,6H2,1-2H3. The van der Waals surface area contributed by atoms with E-state index in [0.717, 1.165) is 4.47 Å². The summed E-state index contributed by atoms with van der Waals surface area (Å²) in [5.74, 6) is 0. The minimum absolute atomic E-state index is 0.219. The van der Waals surface area contributed by atoms with Crippen molar-refractivity contribution in [1.29, 1.82) is 0 Å². The van der Waals surface area contributed by atoms with Gasteiger partial charge in [0.2, 0.25) is 0 Å². The van der Waals surface area contributed by atoms with Crippen molar-refractivity contribution in [1.82, 2.24) is 0 Å². The minimum atomic E-state index is 0.219. The smallest absolute Gasteiger partial charge is 0.0550 e. The van der Waals surface area contributed by atoms with Gasteiger partial charge < -0.3 is 5.11 Å². The van der Waals surface area contributed by atoms with Crippen LogP contribution in [0.2, 0.25) is 0 Å². The first-order valence-electron chi connectivity index (χ1n) is 4.17. The molecule has 1 aromatic rings. The Morgan fingerprint density at radius 2 is 2.23 bits per heavy atom. The quantitative estimate of drug-likeness (QED) is 0.843. The maximum Gasteiger partial charge on any atom is 0.0550 e. The van der Waals surface area contributed by atoms with Gasteiger partial charge in [-0.15, -0.1) is 11.8 Å². The molecule has 0 bridgehead atoms. The second-order valence-electron chi connectivity index (χ2n) is 3.02. The lowest BCUT2D eigenvalue weighted by atomic mass is 10.2. The molecule has 0 saturated heterocycles. The van der Waals surface area contributed by atoms with E-state index < -0.39 is 0 Å². The first-order valence-corrected chi connectivity index (χ1v) is 5.84. The van der Waals surface area contributed by atoms with E-state index >= 15 is 0 Å². The molecule has 13 heavy (non-hydrogen) atoms. The predicted molar refractivity (Wildman–Crippen MR) is 61.3 cm³/mol. The molecule has 1 atom stereocenters. The highest BCUT2D eigenvalue weighted by Crippen LogP contribution is 2.28. The van der Waals surface area contributed by atoms with Crippen LogP contribution in [0.1, 0.15) is 12.5 Å². The van der Waals surface area contributed by atoms with Gasteiger partial charge in [0.05, 0.1) is 6.61 Å². The number of halogens is 1. The van der Waals surface area contributed by atoms with Gasteiger partial charge in [0.15, 0.2) is 0 Å². The maximum atomic E-state index is 8.92. The molecule has 0 aromatic heterocycles. The van der Waals surface area contributed by atoms with Gasteiger partial charge in [-0.2, -0.15) is 0 Å². The molecule has 0 aliphatic heterocycles. The number of aryl methyl sites for hydroxylation is 1. The van der Waals surface area contributed by atoms with Gasteiger partial charge in [-0.05, 0) is 24.6 Å². The van der Waals surface area contributed by atoms with Gasteiger partial charge in [0.25, 0.3) is 0 Å². The van der Waals surface area contributed by atoms with E-state index in [9.17, 15) is 0 Å². The van der Waals surface area contributed by atoms with Crippen LogP contribution in [-0.2, 0) is 0 Å². The van der Waals surface area contributed by atoms with Gasteiger partial charge in [0, 0.05) is 14.6 Å². The number of benzene rings is 1. The predicted octanol–water partition coefficient (Wildman–Crippen LogP) is 3.23. The third-order valence-corrected chi connectivity index (χ3v) is 3.47. The van der Waals surface area contributed by atoms with Crippen LogP contribution >= 0.6 is 27.7 Å². The summed E-state index contributed by atoms with van der Waals surface area (Å²) in [7, 11) is 0. The summed E-state index contributed by atoms with van der Waals surface area (Å²) >= 11 is 5.14. The monoisotopic (exact) mass is 260 g/mol. The number of aliphatic hydroxyl groups excluding tert-OH is 1. The van der Waals surface area contributed by atoms with Crippen molar-refractivity contribution in [2.24, 2.45) is 0 Å². The summed E-state index contributed by atoms with van der Waals surface area (Å²) < 4.78 is 1.09. The zero-order chi connectivity index (χ0) is 9.84. The van der Waals surface area contributed by atoms with E-state index in [4.69, 9.17) is 5.11 Å². The van der Waals surface area contributed by atoms with Crippen molar-refractivity contribution >= 4 is 27.7 Å². The Hall–Kier alpha value is 0.01000. The largest absolute Gasteiger partial charge is 0.395 e. The summed E-state index contributed by atoms with van der Waals surface area (Å²) in [5.41, 5.74) is 1.26. The molecule has 0 aliphatic carbocycles. The first-order chi connectivity index (χ1) is 6.13. The van der Waals surface area contributed by atoms with Gasteiger partial charge in [0.1, 0.15) is 0 Å². The Kier molecular flexibility index (Phi) is 4.29. The molecule has 0 radical (unpaired) electrons. The van der Waals surface area contributed by atoms with Crippen LogP contribution in [0.5, 0.6) is 0 Å². The molecule has 3 heteroatoms. The average molecular weight is 261 g/mol. The van der Waals surface area contributed by atoms with Gasteiger partial charge in [-0.25, -0.2) is 0 Å². The van der Waals surface area contributed by atoms with E-state index in [1.807, 2.05) is 13.0 Å². The second kappa shape index (κ2) is 5.03. The van der Waals surface area contributed by atoms with Gasteiger partial charge >= 0.3 is 0 Å². The molecule has 0 aliphatic rings. The average Bonchev–Trinajstić information content (AvgIpc) is 2.11. The number of hydrogen-bond acceptors (Lipinski definition) is 2. The van der Waals surface area contributed by atoms with E-state index in [-0.39, 0.29) is 11.9 Å². The van der Waals surface area contributed by atoms with E-state index in [1.54, 1.807) is 11.8 Å². The lowest BCUT2D eigenvalue weighted by Gasteiger charge is -2.10. The van der Waals surface area contributed by atoms with Crippen molar-refractivity contribution in [3.05, 3.63) is 28.2 Å². The molecular weight excluding hydrogens is 248 g/mol. The number of hydrogen-bond donors (Lipinski definition) is 1. The van der Waals surface area contributed by atoms with Crippen molar-refractivity contribution < 1.29 is 5.11 Å². The molecule has 72 valence electrons. The number of rotatable bonds is 3. The molecule has 0 fully saturated rings. The molecule has 1 rings (SSSR count). The van der Waals surface area contributed by atoms with Crippen LogP contribution in [-0.4, -0.2) is 17.0 Å². The van der Waals surface area contributed by atoms with Crippen LogP contribution < -0.4 is 0 Å². The fourth-order valence-corrected chi connectivity index (χ4v) is 2.42. The lowest BCUT2D eigenvalue weighted by Crippen LogP contribution is -2.01. The third kappa shape index (κ3) is 3.33. The number of aliphatic hydroxyl groups is 1. The summed E-state index contributed by atoms with van der Waals surface area (Å²) in [6.45, 7) is 4.32. The minimum Gasteiger partial charge on any atom is -0.395 e. The van der Waals surface area contributed by atoms with Crippen LogP contribution in [0, 0.1) is 6.92 Å². The first kappa shape index (κ1) is 11.1. The van der Waals surface area contributed by atoms with Crippen molar-refractivity contribution in [2.75, 3.05) is 6.61 Å². The molecule has 0 spiro atoms. The Labute approximate surface area is 91.7 Å². The Morgan fingerprint density at radius 3 is 2.85 bits per heavy atom.